The lowest BCUT2D eigenvalue weighted by Crippen LogP contribution is -2.12. The molecule has 2 aromatic rings. The van der Waals surface area contributed by atoms with Gasteiger partial charge in [0.25, 0.3) is 0 Å². The Labute approximate surface area is 134 Å². The van der Waals surface area contributed by atoms with E-state index in [1.165, 1.54) is 5.56 Å². The second-order valence-corrected chi connectivity index (χ2v) is 6.84. The predicted molar refractivity (Wildman–Crippen MR) is 87.9 cm³/mol. The van der Waals surface area contributed by atoms with Gasteiger partial charge in [0.15, 0.2) is 0 Å². The summed E-state index contributed by atoms with van der Waals surface area (Å²) in [5.41, 5.74) is 4.88. The van der Waals surface area contributed by atoms with Gasteiger partial charge < -0.3 is 5.21 Å². The third kappa shape index (κ3) is 2.43. The minimum atomic E-state index is -0.0498. The van der Waals surface area contributed by atoms with E-state index in [4.69, 9.17) is 28.4 Å². The molecule has 0 bridgehead atoms. The molecule has 0 heterocycles. The number of hydrogen-bond acceptors (Lipinski definition) is 2. The van der Waals surface area contributed by atoms with Crippen LogP contribution in [0.15, 0.2) is 41.6 Å². The molecule has 4 heteroatoms. The summed E-state index contributed by atoms with van der Waals surface area (Å²) < 4.78 is 0. The molecule has 0 spiro atoms. The Morgan fingerprint density at radius 3 is 2.43 bits per heavy atom. The monoisotopic (exact) mass is 319 g/mol. The quantitative estimate of drug-likeness (QED) is 0.544. The van der Waals surface area contributed by atoms with Gasteiger partial charge in [0, 0.05) is 27.6 Å². The van der Waals surface area contributed by atoms with Gasteiger partial charge in [0.2, 0.25) is 0 Å². The fourth-order valence-electron chi connectivity index (χ4n) is 2.95. The van der Waals surface area contributed by atoms with Crippen molar-refractivity contribution >= 4 is 28.9 Å². The van der Waals surface area contributed by atoms with Crippen molar-refractivity contribution in [2.45, 2.75) is 25.7 Å². The first-order valence-electron chi connectivity index (χ1n) is 6.73. The number of benzene rings is 2. The molecule has 2 aromatic carbocycles. The molecule has 0 radical (unpaired) electrons. The molecule has 0 saturated heterocycles. The van der Waals surface area contributed by atoms with Crippen LogP contribution in [0, 0.1) is 0 Å². The fraction of sp³-hybridized carbons (Fsp3) is 0.235. The van der Waals surface area contributed by atoms with Gasteiger partial charge in [0.05, 0.1) is 5.71 Å². The van der Waals surface area contributed by atoms with E-state index in [1.54, 1.807) is 6.07 Å². The maximum Gasteiger partial charge on any atom is 0.0879 e. The minimum Gasteiger partial charge on any atom is -0.411 e. The van der Waals surface area contributed by atoms with Crippen molar-refractivity contribution in [1.82, 2.24) is 0 Å². The maximum absolute atomic E-state index is 9.16. The van der Waals surface area contributed by atoms with Crippen LogP contribution in [0.5, 0.6) is 0 Å². The molecule has 21 heavy (non-hydrogen) atoms. The normalized spacial score (nSPS) is 18.0. The summed E-state index contributed by atoms with van der Waals surface area (Å²) in [5.74, 6) is 0. The molecular formula is C17H15Cl2NO. The highest BCUT2D eigenvalue weighted by atomic mass is 35.5. The van der Waals surface area contributed by atoms with Crippen LogP contribution >= 0.6 is 23.2 Å². The van der Waals surface area contributed by atoms with Crippen molar-refractivity contribution in [2.24, 2.45) is 5.16 Å². The lowest BCUT2D eigenvalue weighted by Gasteiger charge is -2.19. The van der Waals surface area contributed by atoms with Crippen LogP contribution in [-0.4, -0.2) is 10.9 Å². The Bertz CT molecular complexity index is 750. The molecule has 108 valence electrons. The zero-order valence-electron chi connectivity index (χ0n) is 11.8. The van der Waals surface area contributed by atoms with Crippen molar-refractivity contribution in [1.29, 1.82) is 0 Å². The Hall–Kier alpha value is -1.51. The Kier molecular flexibility index (Phi) is 3.46. The minimum absolute atomic E-state index is 0.0498. The Balaban J connectivity index is 2.16. The second-order valence-electron chi connectivity index (χ2n) is 5.99. The first kappa shape index (κ1) is 14.4. The largest absolute Gasteiger partial charge is 0.411 e. The number of rotatable bonds is 1. The number of oxime groups is 1. The van der Waals surface area contributed by atoms with Crippen LogP contribution in [0.2, 0.25) is 10.0 Å². The van der Waals surface area contributed by atoms with Crippen molar-refractivity contribution in [3.05, 3.63) is 57.6 Å². The molecule has 0 fully saturated rings. The number of hydrogen-bond donors (Lipinski definition) is 1. The zero-order chi connectivity index (χ0) is 15.2. The van der Waals surface area contributed by atoms with Crippen molar-refractivity contribution in [3.63, 3.8) is 0 Å². The molecule has 3 rings (SSSR count). The van der Waals surface area contributed by atoms with E-state index in [0.717, 1.165) is 28.8 Å². The SMILES string of the molecule is CC1(C)CC(=NO)c2ccc(-c3ccc(Cl)cc3Cl)cc21. The highest BCUT2D eigenvalue weighted by molar-refractivity contribution is 6.36. The average molecular weight is 320 g/mol. The van der Waals surface area contributed by atoms with Crippen LogP contribution in [0.4, 0.5) is 0 Å². The van der Waals surface area contributed by atoms with E-state index in [2.05, 4.69) is 25.1 Å². The Morgan fingerprint density at radius 1 is 1.05 bits per heavy atom. The maximum atomic E-state index is 9.16. The third-order valence-corrected chi connectivity index (χ3v) is 4.58. The second kappa shape index (κ2) is 5.04. The van der Waals surface area contributed by atoms with E-state index >= 15 is 0 Å². The summed E-state index contributed by atoms with van der Waals surface area (Å²) in [7, 11) is 0. The number of halogens is 2. The number of nitrogens with zero attached hydrogens (tertiary/aromatic N) is 1. The highest BCUT2D eigenvalue weighted by Gasteiger charge is 2.35. The summed E-state index contributed by atoms with van der Waals surface area (Å²) in [6.45, 7) is 4.30. The fourth-order valence-corrected chi connectivity index (χ4v) is 3.46. The van der Waals surface area contributed by atoms with Gasteiger partial charge in [-0.15, -0.1) is 0 Å². The molecule has 0 atom stereocenters. The van der Waals surface area contributed by atoms with Gasteiger partial charge in [-0.2, -0.15) is 0 Å². The van der Waals surface area contributed by atoms with Gasteiger partial charge in [-0.1, -0.05) is 60.4 Å². The molecule has 2 nitrogen and oxygen atoms in total. The summed E-state index contributed by atoms with van der Waals surface area (Å²) in [4.78, 5) is 0. The smallest absolute Gasteiger partial charge is 0.0879 e. The Morgan fingerprint density at radius 2 is 1.76 bits per heavy atom. The van der Waals surface area contributed by atoms with E-state index in [9.17, 15) is 0 Å². The van der Waals surface area contributed by atoms with Crippen LogP contribution in [0.3, 0.4) is 0 Å². The van der Waals surface area contributed by atoms with Crippen molar-refractivity contribution in [3.8, 4) is 11.1 Å². The van der Waals surface area contributed by atoms with Gasteiger partial charge in [-0.05, 0) is 34.7 Å². The molecule has 1 N–H and O–H groups in total. The summed E-state index contributed by atoms with van der Waals surface area (Å²) >= 11 is 12.2. The molecule has 0 unspecified atom stereocenters. The van der Waals surface area contributed by atoms with Crippen LogP contribution < -0.4 is 0 Å². The van der Waals surface area contributed by atoms with Crippen molar-refractivity contribution in [2.75, 3.05) is 0 Å². The van der Waals surface area contributed by atoms with Gasteiger partial charge in [-0.3, -0.25) is 0 Å². The molecular weight excluding hydrogens is 305 g/mol. The molecule has 0 aromatic heterocycles. The standard InChI is InChI=1S/C17H15Cl2NO/c1-17(2)9-16(20-21)13-5-3-10(7-14(13)17)12-6-4-11(18)8-15(12)19/h3-8,21H,9H2,1-2H3. The molecule has 0 aliphatic heterocycles. The van der Waals surface area contributed by atoms with E-state index in [-0.39, 0.29) is 5.41 Å². The first-order chi connectivity index (χ1) is 9.92. The average Bonchev–Trinajstić information content (AvgIpc) is 2.70. The van der Waals surface area contributed by atoms with Gasteiger partial charge in [0.1, 0.15) is 0 Å². The van der Waals surface area contributed by atoms with Crippen LogP contribution in [0.1, 0.15) is 31.4 Å². The lowest BCUT2D eigenvalue weighted by atomic mass is 9.85. The van der Waals surface area contributed by atoms with E-state index < -0.39 is 0 Å². The van der Waals surface area contributed by atoms with Crippen LogP contribution in [0.25, 0.3) is 11.1 Å². The van der Waals surface area contributed by atoms with E-state index in [0.29, 0.717) is 10.0 Å². The summed E-state index contributed by atoms with van der Waals surface area (Å²) in [6, 6.07) is 11.6. The number of fused-ring (bicyclic) bond motifs is 1. The lowest BCUT2D eigenvalue weighted by molar-refractivity contribution is 0.317. The van der Waals surface area contributed by atoms with Gasteiger partial charge >= 0.3 is 0 Å². The molecule has 0 saturated carbocycles. The summed E-state index contributed by atoms with van der Waals surface area (Å²) in [6.07, 6.45) is 0.733. The molecule has 1 aliphatic carbocycles. The topological polar surface area (TPSA) is 32.6 Å². The zero-order valence-corrected chi connectivity index (χ0v) is 13.3. The van der Waals surface area contributed by atoms with Crippen LogP contribution in [-0.2, 0) is 5.41 Å². The molecule has 0 amide bonds. The predicted octanol–water partition coefficient (Wildman–Crippen LogP) is 5.52. The highest BCUT2D eigenvalue weighted by Crippen LogP contribution is 2.41. The first-order valence-corrected chi connectivity index (χ1v) is 7.49. The third-order valence-electron chi connectivity index (χ3n) is 4.03. The van der Waals surface area contributed by atoms with Crippen molar-refractivity contribution < 1.29 is 5.21 Å². The van der Waals surface area contributed by atoms with E-state index in [1.807, 2.05) is 24.3 Å². The molecule has 1 aliphatic rings. The van der Waals surface area contributed by atoms with Gasteiger partial charge in [-0.25, -0.2) is 0 Å². The summed E-state index contributed by atoms with van der Waals surface area (Å²) in [5, 5.41) is 13.8.